The largest absolute Gasteiger partial charge is 0.314 e. The summed E-state index contributed by atoms with van der Waals surface area (Å²) < 4.78 is 0. The minimum Gasteiger partial charge on any atom is -0.314 e. The van der Waals surface area contributed by atoms with Gasteiger partial charge in [-0.15, -0.1) is 0 Å². The van der Waals surface area contributed by atoms with Gasteiger partial charge in [0, 0.05) is 18.0 Å². The van der Waals surface area contributed by atoms with Crippen LogP contribution in [-0.4, -0.2) is 36.6 Å². The van der Waals surface area contributed by atoms with E-state index in [4.69, 9.17) is 0 Å². The minimum atomic E-state index is 0.769. The van der Waals surface area contributed by atoms with Crippen LogP contribution in [0.4, 0.5) is 0 Å². The molecular formula is C17H26N2. The predicted octanol–water partition coefficient (Wildman–Crippen LogP) is 3.01. The van der Waals surface area contributed by atoms with E-state index in [0.29, 0.717) is 0 Å². The summed E-state index contributed by atoms with van der Waals surface area (Å²) in [5, 5.41) is 3.67. The molecule has 0 radical (unpaired) electrons. The van der Waals surface area contributed by atoms with Crippen molar-refractivity contribution in [2.24, 2.45) is 0 Å². The van der Waals surface area contributed by atoms with Crippen molar-refractivity contribution in [2.75, 3.05) is 19.6 Å². The van der Waals surface area contributed by atoms with Crippen LogP contribution in [0.2, 0.25) is 0 Å². The maximum absolute atomic E-state index is 3.67. The normalized spacial score (nSPS) is 28.5. The highest BCUT2D eigenvalue weighted by atomic mass is 15.2. The van der Waals surface area contributed by atoms with Gasteiger partial charge in [-0.2, -0.15) is 0 Å². The molecule has 0 bridgehead atoms. The van der Waals surface area contributed by atoms with E-state index >= 15 is 0 Å². The van der Waals surface area contributed by atoms with Crippen LogP contribution in [0.25, 0.3) is 0 Å². The van der Waals surface area contributed by atoms with E-state index in [1.54, 1.807) is 5.56 Å². The zero-order valence-electron chi connectivity index (χ0n) is 12.0. The zero-order valence-corrected chi connectivity index (χ0v) is 12.0. The van der Waals surface area contributed by atoms with Gasteiger partial charge in [0.25, 0.3) is 0 Å². The summed E-state index contributed by atoms with van der Waals surface area (Å²) in [6.07, 6.45) is 5.28. The van der Waals surface area contributed by atoms with Crippen LogP contribution in [0.3, 0.4) is 0 Å². The molecule has 1 aromatic carbocycles. The zero-order chi connectivity index (χ0) is 13.1. The quantitative estimate of drug-likeness (QED) is 0.873. The molecule has 19 heavy (non-hydrogen) atoms. The number of hydrogen-bond donors (Lipinski definition) is 1. The second kappa shape index (κ2) is 6.06. The van der Waals surface area contributed by atoms with Crippen LogP contribution < -0.4 is 5.32 Å². The van der Waals surface area contributed by atoms with Crippen molar-refractivity contribution in [3.63, 3.8) is 0 Å². The lowest BCUT2D eigenvalue weighted by Crippen LogP contribution is -2.43. The fourth-order valence-electron chi connectivity index (χ4n) is 3.43. The summed E-state index contributed by atoms with van der Waals surface area (Å²) in [4.78, 5) is 2.72. The van der Waals surface area contributed by atoms with E-state index in [-0.39, 0.29) is 0 Å². The summed E-state index contributed by atoms with van der Waals surface area (Å²) in [5.74, 6) is 0.807. The Kier molecular flexibility index (Phi) is 4.19. The first-order valence-electron chi connectivity index (χ1n) is 7.91. The van der Waals surface area contributed by atoms with Gasteiger partial charge in [0.1, 0.15) is 0 Å². The highest BCUT2D eigenvalue weighted by Gasteiger charge is 2.43. The van der Waals surface area contributed by atoms with E-state index in [0.717, 1.165) is 18.0 Å². The van der Waals surface area contributed by atoms with Gasteiger partial charge in [-0.3, -0.25) is 4.90 Å². The standard InChI is InChI=1S/C17H26N2/c1-2-10-18-15-8-11-19(12-9-15)17-13-16(17)14-6-4-3-5-7-14/h3-7,15-18H,2,8-13H2,1H3. The number of piperidine rings is 1. The van der Waals surface area contributed by atoms with Crippen molar-refractivity contribution < 1.29 is 0 Å². The van der Waals surface area contributed by atoms with Crippen molar-refractivity contribution in [1.82, 2.24) is 10.2 Å². The number of nitrogens with one attached hydrogen (secondary N) is 1. The molecule has 2 atom stereocenters. The molecule has 2 aliphatic rings. The van der Waals surface area contributed by atoms with E-state index in [1.807, 2.05) is 0 Å². The Morgan fingerprint density at radius 1 is 1.16 bits per heavy atom. The van der Waals surface area contributed by atoms with Gasteiger partial charge in [0.2, 0.25) is 0 Å². The first-order chi connectivity index (χ1) is 9.38. The molecule has 0 amide bonds. The molecule has 1 aromatic rings. The van der Waals surface area contributed by atoms with Crippen LogP contribution in [0.15, 0.2) is 30.3 Å². The van der Waals surface area contributed by atoms with Crippen molar-refractivity contribution >= 4 is 0 Å². The van der Waals surface area contributed by atoms with E-state index < -0.39 is 0 Å². The van der Waals surface area contributed by atoms with Gasteiger partial charge >= 0.3 is 0 Å². The second-order valence-corrected chi connectivity index (χ2v) is 6.08. The molecular weight excluding hydrogens is 232 g/mol. The lowest BCUT2D eigenvalue weighted by molar-refractivity contribution is 0.187. The van der Waals surface area contributed by atoms with Gasteiger partial charge in [0.15, 0.2) is 0 Å². The lowest BCUT2D eigenvalue weighted by atomic mass is 10.0. The average molecular weight is 258 g/mol. The van der Waals surface area contributed by atoms with Gasteiger partial charge in [-0.1, -0.05) is 37.3 Å². The number of benzene rings is 1. The monoisotopic (exact) mass is 258 g/mol. The Hall–Kier alpha value is -0.860. The van der Waals surface area contributed by atoms with E-state index in [9.17, 15) is 0 Å². The van der Waals surface area contributed by atoms with Crippen LogP contribution in [0, 0.1) is 0 Å². The third-order valence-corrected chi connectivity index (χ3v) is 4.67. The van der Waals surface area contributed by atoms with Crippen LogP contribution in [0.1, 0.15) is 44.1 Å². The Bertz CT molecular complexity index is 382. The number of likely N-dealkylation sites (tertiary alicyclic amines) is 1. The smallest absolute Gasteiger partial charge is 0.0171 e. The third kappa shape index (κ3) is 3.18. The van der Waals surface area contributed by atoms with Crippen molar-refractivity contribution in [3.8, 4) is 0 Å². The van der Waals surface area contributed by atoms with Gasteiger partial charge < -0.3 is 5.32 Å². The Morgan fingerprint density at radius 2 is 1.89 bits per heavy atom. The summed E-state index contributed by atoms with van der Waals surface area (Å²) in [6.45, 7) is 6.00. The third-order valence-electron chi connectivity index (χ3n) is 4.67. The molecule has 2 fully saturated rings. The Labute approximate surface area is 117 Å². The summed E-state index contributed by atoms with van der Waals surface area (Å²) >= 11 is 0. The van der Waals surface area contributed by atoms with E-state index in [1.165, 1.54) is 45.3 Å². The molecule has 2 heteroatoms. The van der Waals surface area contributed by atoms with Gasteiger partial charge in [0.05, 0.1) is 0 Å². The maximum atomic E-state index is 3.67. The highest BCUT2D eigenvalue weighted by molar-refractivity contribution is 5.27. The molecule has 1 aliphatic heterocycles. The minimum absolute atomic E-state index is 0.769. The van der Waals surface area contributed by atoms with Crippen molar-refractivity contribution in [3.05, 3.63) is 35.9 Å². The first kappa shape index (κ1) is 13.1. The molecule has 1 aliphatic carbocycles. The molecule has 1 N–H and O–H groups in total. The van der Waals surface area contributed by atoms with Crippen LogP contribution >= 0.6 is 0 Å². The molecule has 0 spiro atoms. The maximum Gasteiger partial charge on any atom is 0.0171 e. The summed E-state index contributed by atoms with van der Waals surface area (Å²) in [6, 6.07) is 12.6. The molecule has 1 heterocycles. The number of rotatable bonds is 5. The molecule has 104 valence electrons. The Balaban J connectivity index is 1.46. The summed E-state index contributed by atoms with van der Waals surface area (Å²) in [5.41, 5.74) is 1.54. The number of hydrogen-bond acceptors (Lipinski definition) is 2. The topological polar surface area (TPSA) is 15.3 Å². The van der Waals surface area contributed by atoms with Gasteiger partial charge in [-0.05, 0) is 50.9 Å². The average Bonchev–Trinajstić information content (AvgIpc) is 3.27. The predicted molar refractivity (Wildman–Crippen MR) is 80.5 cm³/mol. The van der Waals surface area contributed by atoms with E-state index in [2.05, 4.69) is 47.5 Å². The SMILES string of the molecule is CCCNC1CCN(C2CC2c2ccccc2)CC1. The molecule has 2 nitrogen and oxygen atoms in total. The highest BCUT2D eigenvalue weighted by Crippen LogP contribution is 2.45. The van der Waals surface area contributed by atoms with Crippen LogP contribution in [-0.2, 0) is 0 Å². The molecule has 2 unspecified atom stereocenters. The fourth-order valence-corrected chi connectivity index (χ4v) is 3.43. The second-order valence-electron chi connectivity index (χ2n) is 6.08. The fraction of sp³-hybridized carbons (Fsp3) is 0.647. The van der Waals surface area contributed by atoms with Crippen molar-refractivity contribution in [1.29, 1.82) is 0 Å². The molecule has 1 saturated carbocycles. The molecule has 0 aromatic heterocycles. The number of nitrogens with zero attached hydrogens (tertiary/aromatic N) is 1. The Morgan fingerprint density at radius 3 is 2.58 bits per heavy atom. The molecule has 3 rings (SSSR count). The molecule has 1 saturated heterocycles. The van der Waals surface area contributed by atoms with Gasteiger partial charge in [-0.25, -0.2) is 0 Å². The van der Waals surface area contributed by atoms with Crippen molar-refractivity contribution in [2.45, 2.75) is 50.6 Å². The first-order valence-corrected chi connectivity index (χ1v) is 7.91. The lowest BCUT2D eigenvalue weighted by Gasteiger charge is -2.33. The van der Waals surface area contributed by atoms with Crippen LogP contribution in [0.5, 0.6) is 0 Å². The summed E-state index contributed by atoms with van der Waals surface area (Å²) in [7, 11) is 0.